The van der Waals surface area contributed by atoms with E-state index in [4.69, 9.17) is 11.6 Å². The smallest absolute Gasteiger partial charge is 0.0417 e. The molecule has 2 heteroatoms. The van der Waals surface area contributed by atoms with Gasteiger partial charge in [-0.05, 0) is 36.8 Å². The number of hydrogen-bond acceptors (Lipinski definition) is 1. The zero-order valence-electron chi connectivity index (χ0n) is 8.41. The van der Waals surface area contributed by atoms with Gasteiger partial charge in [-0.25, -0.2) is 0 Å². The SMILES string of the molecule is Cc1ccc(Cl)cc1Sc1ccccc1. The van der Waals surface area contributed by atoms with Gasteiger partial charge in [-0.2, -0.15) is 0 Å². The van der Waals surface area contributed by atoms with Crippen molar-refractivity contribution in [3.63, 3.8) is 0 Å². The van der Waals surface area contributed by atoms with Gasteiger partial charge in [0.25, 0.3) is 0 Å². The predicted molar refractivity (Wildman–Crippen MR) is 66.8 cm³/mol. The summed E-state index contributed by atoms with van der Waals surface area (Å²) < 4.78 is 0. The van der Waals surface area contributed by atoms with Gasteiger partial charge >= 0.3 is 0 Å². The normalized spacial score (nSPS) is 10.3. The van der Waals surface area contributed by atoms with Crippen molar-refractivity contribution in [2.45, 2.75) is 16.7 Å². The minimum absolute atomic E-state index is 0.791. The Morgan fingerprint density at radius 1 is 1.00 bits per heavy atom. The van der Waals surface area contributed by atoms with E-state index in [0.29, 0.717) is 0 Å². The molecule has 76 valence electrons. The maximum absolute atomic E-state index is 5.97. The molecule has 0 atom stereocenters. The Balaban J connectivity index is 2.28. The van der Waals surface area contributed by atoms with Gasteiger partial charge in [0.1, 0.15) is 0 Å². The summed E-state index contributed by atoms with van der Waals surface area (Å²) in [6.07, 6.45) is 0. The Morgan fingerprint density at radius 2 is 1.73 bits per heavy atom. The standard InChI is InChI=1S/C13H11ClS/c1-10-7-8-11(14)9-13(10)15-12-5-3-2-4-6-12/h2-9H,1H3. The fourth-order valence-electron chi connectivity index (χ4n) is 1.30. The number of aryl methyl sites for hydroxylation is 1. The zero-order valence-corrected chi connectivity index (χ0v) is 9.98. The molecule has 2 rings (SSSR count). The summed E-state index contributed by atoms with van der Waals surface area (Å²) in [4.78, 5) is 2.46. The monoisotopic (exact) mass is 234 g/mol. The lowest BCUT2D eigenvalue weighted by Gasteiger charge is -2.05. The Morgan fingerprint density at radius 3 is 2.47 bits per heavy atom. The van der Waals surface area contributed by atoms with E-state index in [2.05, 4.69) is 19.1 Å². The van der Waals surface area contributed by atoms with E-state index >= 15 is 0 Å². The summed E-state index contributed by atoms with van der Waals surface area (Å²) in [7, 11) is 0. The van der Waals surface area contributed by atoms with E-state index in [0.717, 1.165) is 5.02 Å². The number of hydrogen-bond donors (Lipinski definition) is 0. The highest BCUT2D eigenvalue weighted by Crippen LogP contribution is 2.31. The van der Waals surface area contributed by atoms with E-state index < -0.39 is 0 Å². The first kappa shape index (κ1) is 10.6. The highest BCUT2D eigenvalue weighted by Gasteiger charge is 2.01. The number of rotatable bonds is 2. The fourth-order valence-corrected chi connectivity index (χ4v) is 2.50. The van der Waals surface area contributed by atoms with Crippen LogP contribution in [-0.2, 0) is 0 Å². The van der Waals surface area contributed by atoms with Crippen LogP contribution in [0, 0.1) is 6.92 Å². The quantitative estimate of drug-likeness (QED) is 0.719. The molecule has 0 aliphatic heterocycles. The van der Waals surface area contributed by atoms with E-state index in [1.165, 1.54) is 15.4 Å². The molecule has 0 saturated heterocycles. The van der Waals surface area contributed by atoms with Crippen molar-refractivity contribution in [2.75, 3.05) is 0 Å². The van der Waals surface area contributed by atoms with Gasteiger partial charge in [0.2, 0.25) is 0 Å². The molecular formula is C13H11ClS. The van der Waals surface area contributed by atoms with Gasteiger partial charge in [0.15, 0.2) is 0 Å². The summed E-state index contributed by atoms with van der Waals surface area (Å²) >= 11 is 7.71. The summed E-state index contributed by atoms with van der Waals surface area (Å²) in [6.45, 7) is 2.10. The fraction of sp³-hybridized carbons (Fsp3) is 0.0769. The van der Waals surface area contributed by atoms with Gasteiger partial charge in [-0.15, -0.1) is 0 Å². The largest absolute Gasteiger partial charge is 0.0898 e. The Kier molecular flexibility index (Phi) is 3.34. The molecule has 0 nitrogen and oxygen atoms in total. The van der Waals surface area contributed by atoms with Crippen molar-refractivity contribution < 1.29 is 0 Å². The third-order valence-corrected chi connectivity index (χ3v) is 3.52. The molecular weight excluding hydrogens is 224 g/mol. The topological polar surface area (TPSA) is 0 Å². The number of benzene rings is 2. The second-order valence-corrected chi connectivity index (χ2v) is 4.88. The van der Waals surface area contributed by atoms with Crippen LogP contribution in [0.2, 0.25) is 5.02 Å². The average Bonchev–Trinajstić information content (AvgIpc) is 2.25. The van der Waals surface area contributed by atoms with Crippen LogP contribution in [0.25, 0.3) is 0 Å². The Hall–Kier alpha value is -0.920. The molecule has 0 fully saturated rings. The van der Waals surface area contributed by atoms with Crippen molar-refractivity contribution >= 4 is 23.4 Å². The van der Waals surface area contributed by atoms with Gasteiger partial charge in [0.05, 0.1) is 0 Å². The summed E-state index contributed by atoms with van der Waals surface area (Å²) in [6, 6.07) is 16.3. The first-order chi connectivity index (χ1) is 7.25. The van der Waals surface area contributed by atoms with Crippen LogP contribution >= 0.6 is 23.4 Å². The molecule has 0 aliphatic rings. The highest BCUT2D eigenvalue weighted by atomic mass is 35.5. The highest BCUT2D eigenvalue weighted by molar-refractivity contribution is 7.99. The van der Waals surface area contributed by atoms with E-state index in [1.54, 1.807) is 11.8 Å². The molecule has 2 aromatic carbocycles. The van der Waals surface area contributed by atoms with E-state index in [9.17, 15) is 0 Å². The maximum atomic E-state index is 5.97. The van der Waals surface area contributed by atoms with Crippen LogP contribution in [-0.4, -0.2) is 0 Å². The molecule has 0 bridgehead atoms. The second kappa shape index (κ2) is 4.73. The molecule has 0 amide bonds. The lowest BCUT2D eigenvalue weighted by atomic mass is 10.2. The van der Waals surface area contributed by atoms with E-state index in [1.807, 2.05) is 36.4 Å². The Labute approximate surface area is 99.3 Å². The van der Waals surface area contributed by atoms with Crippen LogP contribution in [0.1, 0.15) is 5.56 Å². The molecule has 0 heterocycles. The molecule has 0 spiro atoms. The molecule has 0 aromatic heterocycles. The molecule has 2 aromatic rings. The van der Waals surface area contributed by atoms with Crippen molar-refractivity contribution in [1.82, 2.24) is 0 Å². The number of halogens is 1. The molecule has 0 radical (unpaired) electrons. The van der Waals surface area contributed by atoms with Gasteiger partial charge in [-0.3, -0.25) is 0 Å². The van der Waals surface area contributed by atoms with Gasteiger partial charge in [-0.1, -0.05) is 47.6 Å². The molecule has 0 unspecified atom stereocenters. The zero-order chi connectivity index (χ0) is 10.7. The van der Waals surface area contributed by atoms with Crippen LogP contribution < -0.4 is 0 Å². The Bertz CT molecular complexity index is 451. The van der Waals surface area contributed by atoms with Crippen molar-refractivity contribution in [1.29, 1.82) is 0 Å². The molecule has 0 N–H and O–H groups in total. The van der Waals surface area contributed by atoms with Crippen LogP contribution in [0.3, 0.4) is 0 Å². The molecule has 15 heavy (non-hydrogen) atoms. The van der Waals surface area contributed by atoms with Crippen molar-refractivity contribution in [3.8, 4) is 0 Å². The summed E-state index contributed by atoms with van der Waals surface area (Å²) in [5.41, 5.74) is 1.26. The van der Waals surface area contributed by atoms with Gasteiger partial charge in [0, 0.05) is 14.8 Å². The van der Waals surface area contributed by atoms with Crippen LogP contribution in [0.5, 0.6) is 0 Å². The predicted octanol–water partition coefficient (Wildman–Crippen LogP) is 4.80. The van der Waals surface area contributed by atoms with Crippen molar-refractivity contribution in [3.05, 3.63) is 59.1 Å². The molecule has 0 aliphatic carbocycles. The first-order valence-corrected chi connectivity index (χ1v) is 5.94. The lowest BCUT2D eigenvalue weighted by Crippen LogP contribution is -1.79. The summed E-state index contributed by atoms with van der Waals surface area (Å²) in [5.74, 6) is 0. The minimum Gasteiger partial charge on any atom is -0.0898 e. The third kappa shape index (κ3) is 2.77. The lowest BCUT2D eigenvalue weighted by molar-refractivity contribution is 1.29. The van der Waals surface area contributed by atoms with Crippen LogP contribution in [0.15, 0.2) is 58.3 Å². The average molecular weight is 235 g/mol. The van der Waals surface area contributed by atoms with Crippen LogP contribution in [0.4, 0.5) is 0 Å². The minimum atomic E-state index is 0.791. The first-order valence-electron chi connectivity index (χ1n) is 4.75. The summed E-state index contributed by atoms with van der Waals surface area (Å²) in [5, 5.41) is 0.791. The molecule has 0 saturated carbocycles. The van der Waals surface area contributed by atoms with Gasteiger partial charge < -0.3 is 0 Å². The van der Waals surface area contributed by atoms with Crippen molar-refractivity contribution in [2.24, 2.45) is 0 Å². The van der Waals surface area contributed by atoms with E-state index in [-0.39, 0.29) is 0 Å². The second-order valence-electron chi connectivity index (χ2n) is 3.32. The maximum Gasteiger partial charge on any atom is 0.0417 e. The third-order valence-electron chi connectivity index (χ3n) is 2.12.